The van der Waals surface area contributed by atoms with Gasteiger partial charge in [-0.15, -0.1) is 0 Å². The summed E-state index contributed by atoms with van der Waals surface area (Å²) in [5.41, 5.74) is 7.61. The summed E-state index contributed by atoms with van der Waals surface area (Å²) in [5.74, 6) is 0. The minimum Gasteiger partial charge on any atom is -0.392 e. The lowest BCUT2D eigenvalue weighted by Crippen LogP contribution is -2.14. The molecular formula is C11H13BrN2O. The molecule has 1 heterocycles. The van der Waals surface area contributed by atoms with E-state index in [0.29, 0.717) is 6.54 Å². The Morgan fingerprint density at radius 2 is 2.13 bits per heavy atom. The van der Waals surface area contributed by atoms with Crippen molar-refractivity contribution < 1.29 is 4.84 Å². The van der Waals surface area contributed by atoms with Gasteiger partial charge >= 0.3 is 0 Å². The van der Waals surface area contributed by atoms with Gasteiger partial charge in [0, 0.05) is 10.9 Å². The third-order valence-electron chi connectivity index (χ3n) is 2.40. The number of rotatable bonds is 3. The van der Waals surface area contributed by atoms with Gasteiger partial charge < -0.3 is 10.6 Å². The summed E-state index contributed by atoms with van der Waals surface area (Å²) in [6.45, 7) is 0.647. The molecule has 0 bridgehead atoms. The molecular weight excluding hydrogens is 256 g/mol. The van der Waals surface area contributed by atoms with Crippen molar-refractivity contribution in [2.24, 2.45) is 10.9 Å². The van der Waals surface area contributed by atoms with Crippen LogP contribution in [0.3, 0.4) is 0 Å². The van der Waals surface area contributed by atoms with Crippen LogP contribution in [0, 0.1) is 0 Å². The number of halogens is 1. The van der Waals surface area contributed by atoms with Gasteiger partial charge in [-0.25, -0.2) is 0 Å². The molecule has 0 aromatic heterocycles. The standard InChI is InChI=1S/C11H13BrN2O/c12-9-3-1-8(2-4-9)11-7-10(5-6-13)15-14-11/h1-4,10H,5-7,13H2. The van der Waals surface area contributed by atoms with Crippen LogP contribution in [0.4, 0.5) is 0 Å². The minimum absolute atomic E-state index is 0.161. The summed E-state index contributed by atoms with van der Waals surface area (Å²) in [6.07, 6.45) is 1.89. The molecule has 0 saturated heterocycles. The van der Waals surface area contributed by atoms with Crippen molar-refractivity contribution in [2.45, 2.75) is 18.9 Å². The van der Waals surface area contributed by atoms with Gasteiger partial charge in [0.25, 0.3) is 0 Å². The maximum atomic E-state index is 5.48. The number of nitrogens with two attached hydrogens (primary N) is 1. The molecule has 0 amide bonds. The Bertz CT molecular complexity index is 361. The zero-order valence-corrected chi connectivity index (χ0v) is 9.90. The van der Waals surface area contributed by atoms with Gasteiger partial charge in [0.05, 0.1) is 5.71 Å². The van der Waals surface area contributed by atoms with Crippen LogP contribution in [0.25, 0.3) is 0 Å². The zero-order chi connectivity index (χ0) is 10.7. The van der Waals surface area contributed by atoms with E-state index < -0.39 is 0 Å². The Morgan fingerprint density at radius 1 is 1.40 bits per heavy atom. The summed E-state index contributed by atoms with van der Waals surface area (Å²) in [4.78, 5) is 5.29. The fourth-order valence-corrected chi connectivity index (χ4v) is 1.85. The second-order valence-electron chi connectivity index (χ2n) is 3.55. The van der Waals surface area contributed by atoms with E-state index in [2.05, 4.69) is 21.1 Å². The highest BCUT2D eigenvalue weighted by molar-refractivity contribution is 9.10. The summed E-state index contributed by atoms with van der Waals surface area (Å²) in [6, 6.07) is 8.09. The summed E-state index contributed by atoms with van der Waals surface area (Å²) >= 11 is 3.40. The SMILES string of the molecule is NCCC1CC(c2ccc(Br)cc2)=NO1. The molecule has 0 radical (unpaired) electrons. The topological polar surface area (TPSA) is 47.6 Å². The van der Waals surface area contributed by atoms with Crippen molar-refractivity contribution in [3.05, 3.63) is 34.3 Å². The van der Waals surface area contributed by atoms with Crippen LogP contribution >= 0.6 is 15.9 Å². The lowest BCUT2D eigenvalue weighted by Gasteiger charge is -2.04. The maximum Gasteiger partial charge on any atom is 0.134 e. The summed E-state index contributed by atoms with van der Waals surface area (Å²) < 4.78 is 1.07. The molecule has 3 nitrogen and oxygen atoms in total. The van der Waals surface area contributed by atoms with Gasteiger partial charge in [0.2, 0.25) is 0 Å². The van der Waals surface area contributed by atoms with E-state index in [-0.39, 0.29) is 6.10 Å². The lowest BCUT2D eigenvalue weighted by atomic mass is 10.0. The molecule has 0 aliphatic carbocycles. The molecule has 2 rings (SSSR count). The average Bonchev–Trinajstić information content (AvgIpc) is 2.68. The third-order valence-corrected chi connectivity index (χ3v) is 2.93. The first-order valence-electron chi connectivity index (χ1n) is 4.98. The van der Waals surface area contributed by atoms with Crippen LogP contribution in [0.5, 0.6) is 0 Å². The average molecular weight is 269 g/mol. The van der Waals surface area contributed by atoms with Crippen molar-refractivity contribution in [3.63, 3.8) is 0 Å². The normalized spacial score (nSPS) is 19.9. The predicted molar refractivity (Wildman–Crippen MR) is 63.8 cm³/mol. The highest BCUT2D eigenvalue weighted by Gasteiger charge is 2.20. The second kappa shape index (κ2) is 4.77. The molecule has 1 aliphatic rings. The largest absolute Gasteiger partial charge is 0.392 e. The van der Waals surface area contributed by atoms with Crippen molar-refractivity contribution in [3.8, 4) is 0 Å². The molecule has 2 N–H and O–H groups in total. The molecule has 1 aliphatic heterocycles. The van der Waals surface area contributed by atoms with Gasteiger partial charge in [0.1, 0.15) is 6.10 Å². The molecule has 0 spiro atoms. The van der Waals surface area contributed by atoms with E-state index in [1.807, 2.05) is 24.3 Å². The van der Waals surface area contributed by atoms with E-state index >= 15 is 0 Å². The van der Waals surface area contributed by atoms with Crippen LogP contribution in [-0.2, 0) is 4.84 Å². The van der Waals surface area contributed by atoms with Gasteiger partial charge in [-0.1, -0.05) is 33.2 Å². The Labute approximate surface area is 97.4 Å². The first-order valence-corrected chi connectivity index (χ1v) is 5.77. The molecule has 0 saturated carbocycles. The van der Waals surface area contributed by atoms with Crippen molar-refractivity contribution in [1.29, 1.82) is 0 Å². The van der Waals surface area contributed by atoms with Crippen molar-refractivity contribution in [1.82, 2.24) is 0 Å². The van der Waals surface area contributed by atoms with E-state index in [0.717, 1.165) is 28.6 Å². The monoisotopic (exact) mass is 268 g/mol. The number of nitrogens with zero attached hydrogens (tertiary/aromatic N) is 1. The number of oxime groups is 1. The summed E-state index contributed by atoms with van der Waals surface area (Å²) in [5, 5.41) is 4.08. The van der Waals surface area contributed by atoms with Crippen LogP contribution in [0.2, 0.25) is 0 Å². The van der Waals surface area contributed by atoms with Crippen LogP contribution in [0.1, 0.15) is 18.4 Å². The van der Waals surface area contributed by atoms with Gasteiger partial charge in [-0.3, -0.25) is 0 Å². The summed E-state index contributed by atoms with van der Waals surface area (Å²) in [7, 11) is 0. The Kier molecular flexibility index (Phi) is 3.38. The molecule has 1 unspecified atom stereocenters. The number of hydrogen-bond donors (Lipinski definition) is 1. The quantitative estimate of drug-likeness (QED) is 0.915. The molecule has 1 aromatic carbocycles. The second-order valence-corrected chi connectivity index (χ2v) is 4.47. The van der Waals surface area contributed by atoms with Gasteiger partial charge in [0.15, 0.2) is 0 Å². The maximum absolute atomic E-state index is 5.48. The van der Waals surface area contributed by atoms with E-state index in [1.54, 1.807) is 0 Å². The molecule has 1 aromatic rings. The van der Waals surface area contributed by atoms with E-state index in [4.69, 9.17) is 10.6 Å². The van der Waals surface area contributed by atoms with Crippen molar-refractivity contribution >= 4 is 21.6 Å². The lowest BCUT2D eigenvalue weighted by molar-refractivity contribution is 0.0810. The van der Waals surface area contributed by atoms with Crippen molar-refractivity contribution in [2.75, 3.05) is 6.54 Å². The highest BCUT2D eigenvalue weighted by Crippen LogP contribution is 2.19. The molecule has 1 atom stereocenters. The first kappa shape index (κ1) is 10.6. The first-order chi connectivity index (χ1) is 7.29. The Hall–Kier alpha value is -0.870. The fraction of sp³-hybridized carbons (Fsp3) is 0.364. The van der Waals surface area contributed by atoms with Gasteiger partial charge in [-0.05, 0) is 30.7 Å². The Morgan fingerprint density at radius 3 is 2.80 bits per heavy atom. The van der Waals surface area contributed by atoms with Crippen LogP contribution in [-0.4, -0.2) is 18.4 Å². The number of hydrogen-bond acceptors (Lipinski definition) is 3. The van der Waals surface area contributed by atoms with E-state index in [1.165, 1.54) is 0 Å². The zero-order valence-electron chi connectivity index (χ0n) is 8.32. The minimum atomic E-state index is 0.161. The molecule has 80 valence electrons. The van der Waals surface area contributed by atoms with Crippen LogP contribution in [0.15, 0.2) is 33.9 Å². The molecule has 15 heavy (non-hydrogen) atoms. The van der Waals surface area contributed by atoms with Gasteiger partial charge in [-0.2, -0.15) is 0 Å². The molecule has 4 heteroatoms. The Balaban J connectivity index is 2.04. The third kappa shape index (κ3) is 2.58. The number of benzene rings is 1. The van der Waals surface area contributed by atoms with E-state index in [9.17, 15) is 0 Å². The highest BCUT2D eigenvalue weighted by atomic mass is 79.9. The molecule has 0 fully saturated rings. The predicted octanol–water partition coefficient (Wildman–Crippen LogP) is 2.29. The fourth-order valence-electron chi connectivity index (χ4n) is 1.58. The smallest absolute Gasteiger partial charge is 0.134 e. The van der Waals surface area contributed by atoms with Crippen LogP contribution < -0.4 is 5.73 Å².